The molecule has 206 valence electrons. The lowest BCUT2D eigenvalue weighted by Crippen LogP contribution is -2.52. The maximum absolute atomic E-state index is 13.9. The van der Waals surface area contributed by atoms with Crippen LogP contribution >= 0.6 is 0 Å². The topological polar surface area (TPSA) is 49.4 Å². The first kappa shape index (κ1) is 28.5. The minimum atomic E-state index is -0.659. The molecule has 3 aromatic carbocycles. The lowest BCUT2D eigenvalue weighted by molar-refractivity contribution is -0.141. The summed E-state index contributed by atoms with van der Waals surface area (Å²) in [5.41, 5.74) is 4.21. The Balaban J connectivity index is 1.58. The minimum Gasteiger partial charge on any atom is -0.352 e. The van der Waals surface area contributed by atoms with Crippen LogP contribution in [0.4, 0.5) is 4.39 Å². The number of nitrogens with one attached hydrogen (secondary N) is 1. The molecule has 1 atom stereocenters. The van der Waals surface area contributed by atoms with Crippen molar-refractivity contribution in [2.45, 2.75) is 89.8 Å². The molecule has 1 N–H and O–H groups in total. The van der Waals surface area contributed by atoms with Gasteiger partial charge < -0.3 is 10.2 Å². The third kappa shape index (κ3) is 8.26. The number of rotatable bonds is 10. The highest BCUT2D eigenvalue weighted by molar-refractivity contribution is 5.88. The van der Waals surface area contributed by atoms with Crippen LogP contribution in [0, 0.1) is 5.82 Å². The lowest BCUT2D eigenvalue weighted by Gasteiger charge is -2.32. The van der Waals surface area contributed by atoms with Gasteiger partial charge in [-0.1, -0.05) is 100 Å². The third-order valence-corrected chi connectivity index (χ3v) is 7.69. The van der Waals surface area contributed by atoms with Crippen LogP contribution in [-0.4, -0.2) is 28.8 Å². The summed E-state index contributed by atoms with van der Waals surface area (Å²) in [5, 5.41) is 3.23. The van der Waals surface area contributed by atoms with Crippen molar-refractivity contribution in [3.8, 4) is 0 Å². The van der Waals surface area contributed by atoms with Gasteiger partial charge in [0.25, 0.3) is 0 Å². The Bertz CT molecular complexity index is 1210. The molecule has 1 aliphatic carbocycles. The Hall–Kier alpha value is -3.47. The molecule has 4 nitrogen and oxygen atoms in total. The molecule has 4 rings (SSSR count). The Morgan fingerprint density at radius 2 is 1.49 bits per heavy atom. The first-order valence-corrected chi connectivity index (χ1v) is 14.2. The van der Waals surface area contributed by atoms with Gasteiger partial charge in [0.15, 0.2) is 0 Å². The maximum atomic E-state index is 13.9. The van der Waals surface area contributed by atoms with E-state index in [0.29, 0.717) is 12.8 Å². The van der Waals surface area contributed by atoms with Crippen LogP contribution in [0.3, 0.4) is 0 Å². The van der Waals surface area contributed by atoms with Crippen LogP contribution in [0.25, 0.3) is 0 Å². The first-order valence-electron chi connectivity index (χ1n) is 14.2. The second-order valence-corrected chi connectivity index (χ2v) is 11.8. The zero-order chi connectivity index (χ0) is 27.8. The van der Waals surface area contributed by atoms with Crippen molar-refractivity contribution < 1.29 is 14.0 Å². The van der Waals surface area contributed by atoms with Gasteiger partial charge in [0.1, 0.15) is 11.9 Å². The quantitative estimate of drug-likeness (QED) is 0.316. The third-order valence-electron chi connectivity index (χ3n) is 7.69. The van der Waals surface area contributed by atoms with Gasteiger partial charge in [0, 0.05) is 25.4 Å². The highest BCUT2D eigenvalue weighted by Crippen LogP contribution is 2.24. The molecule has 1 fully saturated rings. The number of benzene rings is 3. The van der Waals surface area contributed by atoms with Crippen molar-refractivity contribution in [3.05, 3.63) is 107 Å². The van der Waals surface area contributed by atoms with Gasteiger partial charge >= 0.3 is 0 Å². The predicted molar refractivity (Wildman–Crippen MR) is 155 cm³/mol. The largest absolute Gasteiger partial charge is 0.352 e. The summed E-state index contributed by atoms with van der Waals surface area (Å²) in [7, 11) is 0. The molecule has 0 heterocycles. The fourth-order valence-electron chi connectivity index (χ4n) is 5.27. The van der Waals surface area contributed by atoms with Crippen LogP contribution in [0.5, 0.6) is 0 Å². The molecule has 0 spiro atoms. The van der Waals surface area contributed by atoms with E-state index in [2.05, 4.69) is 50.4 Å². The van der Waals surface area contributed by atoms with E-state index < -0.39 is 6.04 Å². The molecule has 0 unspecified atom stereocenters. The molecule has 0 saturated heterocycles. The number of nitrogens with zero attached hydrogens (tertiary/aromatic N) is 1. The van der Waals surface area contributed by atoms with Crippen molar-refractivity contribution in [2.75, 3.05) is 0 Å². The van der Waals surface area contributed by atoms with Gasteiger partial charge in [-0.05, 0) is 59.1 Å². The van der Waals surface area contributed by atoms with Crippen LogP contribution in [0.1, 0.15) is 75.1 Å². The van der Waals surface area contributed by atoms with Crippen molar-refractivity contribution in [1.29, 1.82) is 0 Å². The molecule has 0 radical (unpaired) electrons. The number of amides is 2. The van der Waals surface area contributed by atoms with E-state index in [4.69, 9.17) is 0 Å². The van der Waals surface area contributed by atoms with E-state index in [1.807, 2.05) is 30.3 Å². The van der Waals surface area contributed by atoms with E-state index in [9.17, 15) is 14.0 Å². The Morgan fingerprint density at radius 1 is 0.872 bits per heavy atom. The summed E-state index contributed by atoms with van der Waals surface area (Å²) in [4.78, 5) is 29.3. The number of hydrogen-bond acceptors (Lipinski definition) is 2. The normalized spacial score (nSPS) is 14.7. The van der Waals surface area contributed by atoms with Gasteiger partial charge in [-0.25, -0.2) is 4.39 Å². The Kier molecular flexibility index (Phi) is 9.55. The molecular formula is C34H41FN2O2. The standard InChI is InChI=1S/C34H41FN2O2/c1-34(2,3)28-18-13-25(14-19-28)17-22-32(38)37(24-27-15-20-29(35)21-16-27)31(23-26-9-5-4-6-10-26)33(39)36-30-11-7-8-12-30/h4-6,9-10,13-16,18-21,30-31H,7-8,11-12,17,22-24H2,1-3H3,(H,36,39)/t31-/m0/s1. The first-order chi connectivity index (χ1) is 18.7. The van der Waals surface area contributed by atoms with E-state index >= 15 is 0 Å². The summed E-state index contributed by atoms with van der Waals surface area (Å²) in [6.45, 7) is 6.80. The fourth-order valence-corrected chi connectivity index (χ4v) is 5.27. The summed E-state index contributed by atoms with van der Waals surface area (Å²) < 4.78 is 13.7. The second kappa shape index (κ2) is 13.1. The number of hydrogen-bond donors (Lipinski definition) is 1. The lowest BCUT2D eigenvalue weighted by atomic mass is 9.86. The number of halogens is 1. The van der Waals surface area contributed by atoms with Crippen molar-refractivity contribution in [3.63, 3.8) is 0 Å². The zero-order valence-electron chi connectivity index (χ0n) is 23.5. The Labute approximate surface area is 232 Å². The average molecular weight is 529 g/mol. The van der Waals surface area contributed by atoms with Crippen LogP contribution in [0.15, 0.2) is 78.9 Å². The second-order valence-electron chi connectivity index (χ2n) is 11.8. The van der Waals surface area contributed by atoms with Gasteiger partial charge in [-0.2, -0.15) is 0 Å². The monoisotopic (exact) mass is 528 g/mol. The zero-order valence-corrected chi connectivity index (χ0v) is 23.5. The fraction of sp³-hybridized carbons (Fsp3) is 0.412. The van der Waals surface area contributed by atoms with E-state index in [1.165, 1.54) is 17.7 Å². The Morgan fingerprint density at radius 3 is 2.10 bits per heavy atom. The van der Waals surface area contributed by atoms with Crippen LogP contribution < -0.4 is 5.32 Å². The van der Waals surface area contributed by atoms with Gasteiger partial charge in [-0.15, -0.1) is 0 Å². The summed E-state index contributed by atoms with van der Waals surface area (Å²) >= 11 is 0. The van der Waals surface area contributed by atoms with Crippen molar-refractivity contribution >= 4 is 11.8 Å². The highest BCUT2D eigenvalue weighted by Gasteiger charge is 2.32. The van der Waals surface area contributed by atoms with E-state index in [-0.39, 0.29) is 42.1 Å². The number of carbonyl (C=O) groups excluding carboxylic acids is 2. The molecule has 2 amide bonds. The van der Waals surface area contributed by atoms with Crippen LogP contribution in [-0.2, 0) is 34.4 Å². The van der Waals surface area contributed by atoms with Gasteiger partial charge in [0.2, 0.25) is 11.8 Å². The molecule has 0 aliphatic heterocycles. The summed E-state index contributed by atoms with van der Waals surface area (Å²) in [6.07, 6.45) is 5.47. The highest BCUT2D eigenvalue weighted by atomic mass is 19.1. The van der Waals surface area contributed by atoms with Crippen molar-refractivity contribution in [2.24, 2.45) is 0 Å². The molecule has 1 aliphatic rings. The average Bonchev–Trinajstić information content (AvgIpc) is 3.43. The summed E-state index contributed by atoms with van der Waals surface area (Å²) in [6, 6.07) is 24.0. The van der Waals surface area contributed by atoms with E-state index in [1.54, 1.807) is 17.0 Å². The summed E-state index contributed by atoms with van der Waals surface area (Å²) in [5.74, 6) is -0.521. The SMILES string of the molecule is CC(C)(C)c1ccc(CCC(=O)N(Cc2ccc(F)cc2)[C@@H](Cc2ccccc2)C(=O)NC2CCCC2)cc1. The smallest absolute Gasteiger partial charge is 0.243 e. The molecular weight excluding hydrogens is 487 g/mol. The minimum absolute atomic E-state index is 0.0671. The molecule has 0 aromatic heterocycles. The molecule has 39 heavy (non-hydrogen) atoms. The molecule has 5 heteroatoms. The predicted octanol–water partition coefficient (Wildman–Crippen LogP) is 6.75. The number of aryl methyl sites for hydroxylation is 1. The molecule has 3 aromatic rings. The molecule has 1 saturated carbocycles. The van der Waals surface area contributed by atoms with Crippen LogP contribution in [0.2, 0.25) is 0 Å². The van der Waals surface area contributed by atoms with Crippen molar-refractivity contribution in [1.82, 2.24) is 10.2 Å². The number of carbonyl (C=O) groups is 2. The van der Waals surface area contributed by atoms with E-state index in [0.717, 1.165) is 42.4 Å². The van der Waals surface area contributed by atoms with Gasteiger partial charge in [0.05, 0.1) is 0 Å². The van der Waals surface area contributed by atoms with Gasteiger partial charge in [-0.3, -0.25) is 9.59 Å². The molecule has 0 bridgehead atoms. The maximum Gasteiger partial charge on any atom is 0.243 e.